The van der Waals surface area contributed by atoms with Gasteiger partial charge in [0.15, 0.2) is 0 Å². The zero-order valence-electron chi connectivity index (χ0n) is 37.8. The van der Waals surface area contributed by atoms with Crippen molar-refractivity contribution >= 4 is 13.7 Å². The third-order valence-corrected chi connectivity index (χ3v) is 12.5. The highest BCUT2D eigenvalue weighted by molar-refractivity contribution is 7.47. The SMILES string of the molecule is CC/C=C\C/C=C\CCCCCCCCCCCCCCC(O)CC(=O)NC(COP(=O)(O)OC1C(O)C(O)C(O)C(O)C1O)C(O)/C=C/CCCCCCCCCCCC. The Kier molecular flexibility index (Phi) is 34.7. The molecule has 14 heteroatoms. The van der Waals surface area contributed by atoms with Crippen molar-refractivity contribution in [3.05, 3.63) is 36.5 Å². The molecule has 9 N–H and O–H groups in total. The van der Waals surface area contributed by atoms with E-state index in [1.54, 1.807) is 6.08 Å². The van der Waals surface area contributed by atoms with Crippen LogP contribution in [0, 0.1) is 0 Å². The molecule has 1 amide bonds. The van der Waals surface area contributed by atoms with Crippen LogP contribution in [0.3, 0.4) is 0 Å². The predicted octanol–water partition coefficient (Wildman–Crippen LogP) is 8.14. The number of allylic oxidation sites excluding steroid dienone is 5. The van der Waals surface area contributed by atoms with Gasteiger partial charge in [-0.05, 0) is 44.9 Å². The lowest BCUT2D eigenvalue weighted by Crippen LogP contribution is -2.64. The lowest BCUT2D eigenvalue weighted by Gasteiger charge is -2.41. The smallest absolute Gasteiger partial charge is 0.393 e. The van der Waals surface area contributed by atoms with E-state index in [4.69, 9.17) is 9.05 Å². The van der Waals surface area contributed by atoms with Gasteiger partial charge in [-0.15, -0.1) is 0 Å². The molecule has 13 nitrogen and oxygen atoms in total. The molecule has 0 spiro atoms. The van der Waals surface area contributed by atoms with Crippen molar-refractivity contribution < 1.29 is 59.0 Å². The van der Waals surface area contributed by atoms with Crippen molar-refractivity contribution in [1.29, 1.82) is 0 Å². The molecule has 1 rings (SSSR count). The molecular weight excluding hydrogens is 801 g/mol. The van der Waals surface area contributed by atoms with Gasteiger partial charge in [0.1, 0.15) is 36.6 Å². The van der Waals surface area contributed by atoms with Crippen molar-refractivity contribution in [2.75, 3.05) is 6.61 Å². The summed E-state index contributed by atoms with van der Waals surface area (Å²) in [4.78, 5) is 23.4. The fourth-order valence-electron chi connectivity index (χ4n) is 7.57. The number of aliphatic hydroxyl groups excluding tert-OH is 7. The number of carbonyl (C=O) groups is 1. The third-order valence-electron chi connectivity index (χ3n) is 11.5. The summed E-state index contributed by atoms with van der Waals surface area (Å²) in [5.74, 6) is -0.595. The number of amides is 1. The minimum Gasteiger partial charge on any atom is -0.393 e. The van der Waals surface area contributed by atoms with Crippen LogP contribution in [0.4, 0.5) is 0 Å². The normalized spacial score (nSPS) is 23.5. The second-order valence-corrected chi connectivity index (χ2v) is 18.5. The summed E-state index contributed by atoms with van der Waals surface area (Å²) in [6.45, 7) is 3.63. The van der Waals surface area contributed by atoms with Gasteiger partial charge in [0, 0.05) is 0 Å². The number of aliphatic hydroxyl groups is 7. The summed E-state index contributed by atoms with van der Waals surface area (Å²) in [6.07, 6.45) is 28.1. The van der Waals surface area contributed by atoms with Gasteiger partial charge in [-0.1, -0.05) is 179 Å². The van der Waals surface area contributed by atoms with Gasteiger partial charge in [0.2, 0.25) is 5.91 Å². The van der Waals surface area contributed by atoms with Crippen molar-refractivity contribution in [3.8, 4) is 0 Å². The lowest BCUT2D eigenvalue weighted by atomic mass is 9.85. The molecule has 0 saturated heterocycles. The van der Waals surface area contributed by atoms with E-state index in [1.165, 1.54) is 109 Å². The Bertz CT molecular complexity index is 1190. The van der Waals surface area contributed by atoms with E-state index in [-0.39, 0.29) is 6.42 Å². The number of unbranched alkanes of at least 4 members (excludes halogenated alkanes) is 22. The molecule has 1 fully saturated rings. The molecule has 61 heavy (non-hydrogen) atoms. The highest BCUT2D eigenvalue weighted by Gasteiger charge is 2.51. The predicted molar refractivity (Wildman–Crippen MR) is 243 cm³/mol. The molecule has 0 aliphatic heterocycles. The van der Waals surface area contributed by atoms with Crippen LogP contribution in [0.2, 0.25) is 0 Å². The topological polar surface area (TPSA) is 226 Å². The molecular formula is C47H88NO12P. The van der Waals surface area contributed by atoms with Crippen molar-refractivity contribution in [1.82, 2.24) is 5.32 Å². The molecule has 1 saturated carbocycles. The van der Waals surface area contributed by atoms with E-state index in [0.29, 0.717) is 12.8 Å². The Morgan fingerprint density at radius 2 is 1.05 bits per heavy atom. The maximum atomic E-state index is 13.0. The maximum Gasteiger partial charge on any atom is 0.472 e. The third kappa shape index (κ3) is 28.8. The molecule has 0 aromatic rings. The fourth-order valence-corrected chi connectivity index (χ4v) is 8.54. The van der Waals surface area contributed by atoms with Crippen LogP contribution in [0.1, 0.15) is 194 Å². The monoisotopic (exact) mass is 890 g/mol. The van der Waals surface area contributed by atoms with Crippen LogP contribution in [-0.2, 0) is 18.4 Å². The summed E-state index contributed by atoms with van der Waals surface area (Å²) in [6, 6.07) is -1.24. The van der Waals surface area contributed by atoms with Gasteiger partial charge in [-0.3, -0.25) is 13.8 Å². The Morgan fingerprint density at radius 3 is 1.56 bits per heavy atom. The molecule has 1 aliphatic rings. The molecule has 8 atom stereocenters. The average molecular weight is 890 g/mol. The van der Waals surface area contributed by atoms with E-state index in [0.717, 1.165) is 57.8 Å². The summed E-state index contributed by atoms with van der Waals surface area (Å²) < 4.78 is 22.9. The lowest BCUT2D eigenvalue weighted by molar-refractivity contribution is -0.220. The molecule has 358 valence electrons. The molecule has 8 unspecified atom stereocenters. The number of hydrogen-bond donors (Lipinski definition) is 9. The van der Waals surface area contributed by atoms with Crippen molar-refractivity contribution in [2.24, 2.45) is 0 Å². The van der Waals surface area contributed by atoms with Crippen molar-refractivity contribution in [3.63, 3.8) is 0 Å². The number of phosphoric acid groups is 1. The number of rotatable bonds is 39. The molecule has 0 aromatic heterocycles. The van der Waals surface area contributed by atoms with E-state index >= 15 is 0 Å². The second kappa shape index (κ2) is 36.8. The first kappa shape index (κ1) is 57.5. The van der Waals surface area contributed by atoms with E-state index < -0.39 is 75.2 Å². The first-order valence-electron chi connectivity index (χ1n) is 24.0. The van der Waals surface area contributed by atoms with Gasteiger partial charge in [-0.2, -0.15) is 0 Å². The highest BCUT2D eigenvalue weighted by Crippen LogP contribution is 2.47. The van der Waals surface area contributed by atoms with E-state index in [2.05, 4.69) is 43.5 Å². The van der Waals surface area contributed by atoms with Gasteiger partial charge in [0.05, 0.1) is 31.3 Å². The molecule has 1 aliphatic carbocycles. The molecule has 0 heterocycles. The van der Waals surface area contributed by atoms with Gasteiger partial charge >= 0.3 is 7.82 Å². The van der Waals surface area contributed by atoms with Crippen LogP contribution < -0.4 is 5.32 Å². The fraction of sp³-hybridized carbons (Fsp3) is 0.851. The van der Waals surface area contributed by atoms with Crippen LogP contribution in [0.5, 0.6) is 0 Å². The van der Waals surface area contributed by atoms with Gasteiger partial charge in [0.25, 0.3) is 0 Å². The van der Waals surface area contributed by atoms with Gasteiger partial charge in [-0.25, -0.2) is 4.57 Å². The summed E-state index contributed by atoms with van der Waals surface area (Å²) in [5, 5.41) is 74.5. The summed E-state index contributed by atoms with van der Waals surface area (Å²) in [7, 11) is -5.14. The standard InChI is InChI=1S/C47H88NO12P/c1-3-5-7-9-11-13-15-17-18-19-20-21-22-23-24-26-28-30-32-34-38(49)36-41(51)48-39(40(50)35-33-31-29-27-25-16-14-12-10-8-6-4-2)37-59-61(57,58)60-47-45(55)43(53)42(52)44(54)46(47)56/h5,7,11,13,33,35,38-40,42-47,49-50,52-56H,3-4,6,8-10,12,14-32,34,36-37H2,1-2H3,(H,48,51)(H,57,58)/b7-5-,13-11-,35-33+. The number of carbonyl (C=O) groups excluding carboxylic acids is 1. The second-order valence-electron chi connectivity index (χ2n) is 17.1. The average Bonchev–Trinajstić information content (AvgIpc) is 3.23. The first-order chi connectivity index (χ1) is 29.3. The van der Waals surface area contributed by atoms with Crippen LogP contribution >= 0.6 is 7.82 Å². The Hall–Kier alpha value is -1.48. The largest absolute Gasteiger partial charge is 0.472 e. The number of nitrogens with one attached hydrogen (secondary N) is 1. The Morgan fingerprint density at radius 1 is 0.607 bits per heavy atom. The summed E-state index contributed by atoms with van der Waals surface area (Å²) in [5.41, 5.74) is 0. The quantitative estimate of drug-likeness (QED) is 0.0162. The number of hydrogen-bond acceptors (Lipinski definition) is 11. The Labute approximate surface area is 368 Å². The zero-order valence-corrected chi connectivity index (χ0v) is 38.7. The van der Waals surface area contributed by atoms with Crippen molar-refractivity contribution in [2.45, 2.75) is 249 Å². The molecule has 0 radical (unpaired) electrons. The van der Waals surface area contributed by atoms with Crippen LogP contribution in [-0.4, -0.2) is 108 Å². The number of phosphoric ester groups is 1. The first-order valence-corrected chi connectivity index (χ1v) is 25.5. The van der Waals surface area contributed by atoms with Gasteiger partial charge < -0.3 is 46.0 Å². The van der Waals surface area contributed by atoms with E-state index in [1.807, 2.05) is 0 Å². The molecule has 0 bridgehead atoms. The zero-order chi connectivity index (χ0) is 45.1. The minimum atomic E-state index is -5.14. The molecule has 0 aromatic carbocycles. The van der Waals surface area contributed by atoms with E-state index in [9.17, 15) is 50.0 Å². The highest BCUT2D eigenvalue weighted by atomic mass is 31.2. The minimum absolute atomic E-state index is 0.245. The van der Waals surface area contributed by atoms with Crippen LogP contribution in [0.15, 0.2) is 36.5 Å². The summed E-state index contributed by atoms with van der Waals surface area (Å²) >= 11 is 0. The Balaban J connectivity index is 2.48. The maximum absolute atomic E-state index is 13.0. The van der Waals surface area contributed by atoms with Crippen LogP contribution in [0.25, 0.3) is 0 Å².